The third-order valence-electron chi connectivity index (χ3n) is 10.2. The van der Waals surface area contributed by atoms with E-state index in [4.69, 9.17) is 0 Å². The van der Waals surface area contributed by atoms with Crippen molar-refractivity contribution in [2.45, 2.75) is 94.8 Å². The van der Waals surface area contributed by atoms with E-state index in [-0.39, 0.29) is 24.7 Å². The van der Waals surface area contributed by atoms with Crippen molar-refractivity contribution in [2.24, 2.45) is 11.8 Å². The van der Waals surface area contributed by atoms with Crippen LogP contribution in [0.4, 0.5) is 5.82 Å². The van der Waals surface area contributed by atoms with Crippen LogP contribution in [0.1, 0.15) is 76.7 Å². The van der Waals surface area contributed by atoms with Gasteiger partial charge < -0.3 is 20.1 Å². The zero-order valence-electron chi connectivity index (χ0n) is 23.8. The molecule has 0 radical (unpaired) electrons. The number of hydrogen-bond donors (Lipinski definition) is 3. The number of carboxylic acids is 2. The predicted octanol–water partition coefficient (Wildman–Crippen LogP) is 3.81. The van der Waals surface area contributed by atoms with Crippen LogP contribution in [0.3, 0.4) is 0 Å². The fraction of sp³-hybridized carbons (Fsp3) is 0.677. The number of benzene rings is 1. The summed E-state index contributed by atoms with van der Waals surface area (Å²) < 4.78 is 1.99. The quantitative estimate of drug-likeness (QED) is 0.438. The molecular formula is C31H43N5O5. The summed E-state index contributed by atoms with van der Waals surface area (Å²) in [6.45, 7) is 1.19. The predicted molar refractivity (Wildman–Crippen MR) is 156 cm³/mol. The number of piperidine rings is 1. The number of carbonyl (C=O) groups is 2. The van der Waals surface area contributed by atoms with Crippen LogP contribution >= 0.6 is 0 Å². The summed E-state index contributed by atoms with van der Waals surface area (Å²) in [7, 11) is 0. The maximum atomic E-state index is 13.9. The Morgan fingerprint density at radius 3 is 2.07 bits per heavy atom. The van der Waals surface area contributed by atoms with E-state index in [2.05, 4.69) is 15.2 Å². The maximum absolute atomic E-state index is 13.9. The fourth-order valence-corrected chi connectivity index (χ4v) is 8.26. The van der Waals surface area contributed by atoms with Crippen molar-refractivity contribution in [1.29, 1.82) is 0 Å². The first kappa shape index (κ1) is 28.2. The summed E-state index contributed by atoms with van der Waals surface area (Å²) in [6.07, 6.45) is 13.8. The van der Waals surface area contributed by atoms with Crippen LogP contribution in [0.5, 0.6) is 0 Å². The van der Waals surface area contributed by atoms with Crippen LogP contribution in [-0.4, -0.2) is 85.8 Å². The van der Waals surface area contributed by atoms with Crippen molar-refractivity contribution in [3.05, 3.63) is 34.6 Å². The van der Waals surface area contributed by atoms with Crippen LogP contribution in [0.2, 0.25) is 0 Å². The van der Waals surface area contributed by atoms with Crippen LogP contribution in [-0.2, 0) is 9.59 Å². The lowest BCUT2D eigenvalue weighted by Gasteiger charge is -2.45. The molecule has 222 valence electrons. The second-order valence-electron chi connectivity index (χ2n) is 12.7. The molecule has 4 heterocycles. The number of nitrogens with zero attached hydrogens (tertiary/aromatic N) is 4. The third kappa shape index (κ3) is 5.73. The molecule has 2 bridgehead atoms. The molecule has 1 aliphatic carbocycles. The molecule has 1 aromatic carbocycles. The van der Waals surface area contributed by atoms with Gasteiger partial charge in [-0.05, 0) is 50.7 Å². The normalized spacial score (nSPS) is 29.8. The van der Waals surface area contributed by atoms with Crippen LogP contribution < -0.4 is 10.9 Å². The summed E-state index contributed by atoms with van der Waals surface area (Å²) in [4.78, 5) is 46.4. The summed E-state index contributed by atoms with van der Waals surface area (Å²) >= 11 is 0. The maximum Gasteiger partial charge on any atom is 0.308 e. The highest BCUT2D eigenvalue weighted by Gasteiger charge is 2.45. The number of aromatic nitrogens is 2. The summed E-state index contributed by atoms with van der Waals surface area (Å²) in [5.41, 5.74) is 1.54. The standard InChI is InChI=1S/C31H43N5O5/c37-29-28(32-14-15-34-18-24(30(38)39)25(19-34)31(40)41)33-26-10-6-7-11-27(26)36(29)23-16-21-12-13-22(17-23)35(21)20-8-4-2-1-3-5-9-20/h6-7,10-11,20-25H,1-5,8-9,12-19H2,(H,32,33)(H,38,39)(H,40,41)/t21?,22?,23?,24-,25-/m1/s1. The van der Waals surface area contributed by atoms with Gasteiger partial charge in [0.2, 0.25) is 0 Å². The van der Waals surface area contributed by atoms with E-state index in [1.54, 1.807) is 0 Å². The molecule has 10 nitrogen and oxygen atoms in total. The van der Waals surface area contributed by atoms with Gasteiger partial charge in [0.1, 0.15) is 0 Å². The lowest BCUT2D eigenvalue weighted by atomic mass is 9.89. The van der Waals surface area contributed by atoms with Gasteiger partial charge in [-0.3, -0.25) is 24.2 Å². The monoisotopic (exact) mass is 565 g/mol. The van der Waals surface area contributed by atoms with Crippen LogP contribution in [0.25, 0.3) is 11.0 Å². The molecule has 2 unspecified atom stereocenters. The van der Waals surface area contributed by atoms with E-state index in [0.717, 1.165) is 23.9 Å². The number of rotatable bonds is 8. The summed E-state index contributed by atoms with van der Waals surface area (Å²) in [5.74, 6) is -3.70. The average Bonchev–Trinajstić information content (AvgIpc) is 3.47. The molecule has 4 fully saturated rings. The van der Waals surface area contributed by atoms with Gasteiger partial charge in [-0.1, -0.05) is 44.2 Å². The highest BCUT2D eigenvalue weighted by Crippen LogP contribution is 2.44. The number of para-hydroxylation sites is 2. The number of aliphatic carboxylic acids is 2. The van der Waals surface area contributed by atoms with E-state index in [0.29, 0.717) is 37.0 Å². The Hall–Kier alpha value is -2.98. The molecule has 3 N–H and O–H groups in total. The minimum Gasteiger partial charge on any atom is -0.481 e. The number of likely N-dealkylation sites (tertiary alicyclic amines) is 1. The lowest BCUT2D eigenvalue weighted by molar-refractivity contribution is -0.151. The average molecular weight is 566 g/mol. The van der Waals surface area contributed by atoms with Crippen molar-refractivity contribution in [1.82, 2.24) is 19.4 Å². The Kier molecular flexibility index (Phi) is 8.30. The highest BCUT2D eigenvalue weighted by atomic mass is 16.4. The number of carboxylic acid groups (broad SMARTS) is 2. The van der Waals surface area contributed by atoms with Gasteiger partial charge in [-0.2, -0.15) is 0 Å². The molecule has 10 heteroatoms. The largest absolute Gasteiger partial charge is 0.481 e. The summed E-state index contributed by atoms with van der Waals surface area (Å²) in [5, 5.41) is 22.1. The molecule has 6 rings (SSSR count). The molecule has 3 saturated heterocycles. The molecule has 0 spiro atoms. The lowest BCUT2D eigenvalue weighted by Crippen LogP contribution is -2.50. The van der Waals surface area contributed by atoms with Crippen molar-refractivity contribution in [2.75, 3.05) is 31.5 Å². The third-order valence-corrected chi connectivity index (χ3v) is 10.2. The molecule has 1 saturated carbocycles. The van der Waals surface area contributed by atoms with Crippen molar-refractivity contribution in [3.8, 4) is 0 Å². The number of hydrogen-bond acceptors (Lipinski definition) is 7. The fourth-order valence-electron chi connectivity index (χ4n) is 8.26. The molecule has 2 aromatic rings. The van der Waals surface area contributed by atoms with E-state index < -0.39 is 23.8 Å². The van der Waals surface area contributed by atoms with Gasteiger partial charge in [-0.25, -0.2) is 4.98 Å². The van der Waals surface area contributed by atoms with Crippen molar-refractivity contribution < 1.29 is 19.8 Å². The van der Waals surface area contributed by atoms with Gasteiger partial charge in [0, 0.05) is 50.3 Å². The Labute approximate surface area is 240 Å². The van der Waals surface area contributed by atoms with E-state index in [1.807, 2.05) is 33.7 Å². The van der Waals surface area contributed by atoms with E-state index in [1.165, 1.54) is 57.8 Å². The van der Waals surface area contributed by atoms with Gasteiger partial charge in [-0.15, -0.1) is 0 Å². The van der Waals surface area contributed by atoms with Gasteiger partial charge in [0.25, 0.3) is 5.56 Å². The number of fused-ring (bicyclic) bond motifs is 3. The first-order valence-electron chi connectivity index (χ1n) is 15.6. The van der Waals surface area contributed by atoms with Crippen molar-refractivity contribution >= 4 is 28.8 Å². The second-order valence-corrected chi connectivity index (χ2v) is 12.7. The minimum atomic E-state index is -1.08. The van der Waals surface area contributed by atoms with E-state index in [9.17, 15) is 24.6 Å². The second kappa shape index (κ2) is 12.1. The molecule has 1 aromatic heterocycles. The first-order chi connectivity index (χ1) is 19.9. The van der Waals surface area contributed by atoms with Crippen molar-refractivity contribution in [3.63, 3.8) is 0 Å². The zero-order valence-corrected chi connectivity index (χ0v) is 23.8. The first-order valence-corrected chi connectivity index (χ1v) is 15.6. The topological polar surface area (TPSA) is 128 Å². The van der Waals surface area contributed by atoms with E-state index >= 15 is 0 Å². The minimum absolute atomic E-state index is 0.110. The Morgan fingerprint density at radius 2 is 1.44 bits per heavy atom. The molecule has 0 amide bonds. The Morgan fingerprint density at radius 1 is 0.829 bits per heavy atom. The molecule has 4 atom stereocenters. The Balaban J connectivity index is 1.18. The zero-order chi connectivity index (χ0) is 28.5. The Bertz CT molecular complexity index is 1290. The molecule has 41 heavy (non-hydrogen) atoms. The number of nitrogens with one attached hydrogen (secondary N) is 1. The summed E-state index contributed by atoms with van der Waals surface area (Å²) in [6, 6.07) is 9.72. The van der Waals surface area contributed by atoms with Crippen LogP contribution in [0.15, 0.2) is 29.1 Å². The molecule has 3 aliphatic heterocycles. The van der Waals surface area contributed by atoms with Crippen LogP contribution in [0, 0.1) is 11.8 Å². The highest BCUT2D eigenvalue weighted by molar-refractivity contribution is 5.81. The SMILES string of the molecule is O=C(O)[C@@H]1CN(CCNc2nc3ccccc3n(C3CC4CCC(C3)N4C3CCCCCCC3)c2=O)C[C@H]1C(=O)O. The molecular weight excluding hydrogens is 522 g/mol. The molecule has 4 aliphatic rings. The smallest absolute Gasteiger partial charge is 0.308 e. The van der Waals surface area contributed by atoms with Gasteiger partial charge in [0.15, 0.2) is 5.82 Å². The van der Waals surface area contributed by atoms with Gasteiger partial charge in [0.05, 0.1) is 22.9 Å². The number of anilines is 1. The van der Waals surface area contributed by atoms with Gasteiger partial charge >= 0.3 is 11.9 Å².